The highest BCUT2D eigenvalue weighted by atomic mass is 16.5. The minimum Gasteiger partial charge on any atom is -0.378 e. The molecule has 1 aromatic rings. The number of nitrogens with one attached hydrogen (secondary N) is 3. The van der Waals surface area contributed by atoms with E-state index >= 15 is 0 Å². The van der Waals surface area contributed by atoms with E-state index in [1.807, 2.05) is 0 Å². The highest BCUT2D eigenvalue weighted by Gasteiger charge is 2.35. The molecule has 24 heavy (non-hydrogen) atoms. The van der Waals surface area contributed by atoms with Crippen molar-refractivity contribution in [1.82, 2.24) is 16.2 Å². The van der Waals surface area contributed by atoms with Crippen LogP contribution in [0.2, 0.25) is 0 Å². The Balaban J connectivity index is 1.57. The number of anilines is 1. The molecule has 0 radical (unpaired) electrons. The van der Waals surface area contributed by atoms with Crippen LogP contribution in [0.1, 0.15) is 26.3 Å². The van der Waals surface area contributed by atoms with E-state index in [4.69, 9.17) is 4.74 Å². The van der Waals surface area contributed by atoms with Crippen LogP contribution in [0.4, 0.5) is 5.69 Å². The van der Waals surface area contributed by atoms with E-state index in [1.165, 1.54) is 11.3 Å². The molecule has 0 aliphatic carbocycles. The summed E-state index contributed by atoms with van der Waals surface area (Å²) < 4.78 is 5.48. The Morgan fingerprint density at radius 1 is 1.21 bits per heavy atom. The van der Waals surface area contributed by atoms with Crippen LogP contribution in [-0.4, -0.2) is 45.4 Å². The average molecular weight is 332 g/mol. The van der Waals surface area contributed by atoms with Gasteiger partial charge in [0.25, 0.3) is 0 Å². The second-order valence-corrected chi connectivity index (χ2v) is 7.99. The number of hydrazine groups is 1. The summed E-state index contributed by atoms with van der Waals surface area (Å²) in [6.45, 7) is 13.5. The molecule has 5 heteroatoms. The van der Waals surface area contributed by atoms with Gasteiger partial charge in [0, 0.05) is 50.4 Å². The summed E-state index contributed by atoms with van der Waals surface area (Å²) in [4.78, 5) is 2.44. The molecule has 134 valence electrons. The third-order valence-corrected chi connectivity index (χ3v) is 5.09. The molecule has 0 bridgehead atoms. The molecule has 2 fully saturated rings. The van der Waals surface area contributed by atoms with Crippen molar-refractivity contribution >= 4 is 5.69 Å². The van der Waals surface area contributed by atoms with Crippen LogP contribution in [0.3, 0.4) is 0 Å². The van der Waals surface area contributed by atoms with E-state index in [0.717, 1.165) is 45.9 Å². The molecule has 0 spiro atoms. The Kier molecular flexibility index (Phi) is 5.76. The number of nitrogens with zero attached hydrogens (tertiary/aromatic N) is 1. The highest BCUT2D eigenvalue weighted by molar-refractivity contribution is 5.53. The number of benzene rings is 1. The van der Waals surface area contributed by atoms with Crippen molar-refractivity contribution in [1.29, 1.82) is 0 Å². The first-order valence-electron chi connectivity index (χ1n) is 9.15. The number of para-hydroxylation sites is 1. The molecule has 3 rings (SSSR count). The largest absolute Gasteiger partial charge is 0.378 e. The van der Waals surface area contributed by atoms with Crippen LogP contribution in [0, 0.1) is 11.3 Å². The summed E-state index contributed by atoms with van der Waals surface area (Å²) in [6.07, 6.45) is 0. The summed E-state index contributed by atoms with van der Waals surface area (Å²) in [6, 6.07) is 9.25. The fraction of sp³-hybridized carbons (Fsp3) is 0.684. The van der Waals surface area contributed by atoms with Crippen molar-refractivity contribution in [3.8, 4) is 0 Å². The first-order chi connectivity index (χ1) is 11.6. The topological polar surface area (TPSA) is 48.6 Å². The van der Waals surface area contributed by atoms with Gasteiger partial charge in [-0.2, -0.15) is 0 Å². The minimum absolute atomic E-state index is 0.265. The SMILES string of the molecule is CC(C)(C)C1NNCC1CNCc1ccccc1N1CCOCC1. The standard InChI is InChI=1S/C19H32N4O/c1-19(2,3)18-16(14-21-22-18)13-20-12-15-6-4-5-7-17(15)23-8-10-24-11-9-23/h4-7,16,18,20-22H,8-14H2,1-3H3. The van der Waals surface area contributed by atoms with E-state index in [2.05, 4.69) is 66.1 Å². The van der Waals surface area contributed by atoms with Crippen molar-refractivity contribution in [2.24, 2.45) is 11.3 Å². The first kappa shape index (κ1) is 17.7. The highest BCUT2D eigenvalue weighted by Crippen LogP contribution is 2.27. The van der Waals surface area contributed by atoms with Gasteiger partial charge in [-0.15, -0.1) is 0 Å². The van der Waals surface area contributed by atoms with Gasteiger partial charge in [-0.05, 0) is 17.0 Å². The fourth-order valence-corrected chi connectivity index (χ4v) is 3.81. The molecule has 2 aliphatic rings. The number of morpholine rings is 1. The number of hydrogen-bond donors (Lipinski definition) is 3. The molecular formula is C19H32N4O. The number of ether oxygens (including phenoxy) is 1. The number of hydrogen-bond acceptors (Lipinski definition) is 5. The van der Waals surface area contributed by atoms with Gasteiger partial charge in [0.15, 0.2) is 0 Å². The molecule has 2 atom stereocenters. The van der Waals surface area contributed by atoms with Gasteiger partial charge >= 0.3 is 0 Å². The lowest BCUT2D eigenvalue weighted by atomic mass is 9.80. The zero-order chi connectivity index (χ0) is 17.0. The smallest absolute Gasteiger partial charge is 0.0642 e. The van der Waals surface area contributed by atoms with E-state index in [9.17, 15) is 0 Å². The first-order valence-corrected chi connectivity index (χ1v) is 9.15. The van der Waals surface area contributed by atoms with Crippen LogP contribution in [0.25, 0.3) is 0 Å². The van der Waals surface area contributed by atoms with Crippen LogP contribution >= 0.6 is 0 Å². The second kappa shape index (κ2) is 7.83. The molecule has 2 unspecified atom stereocenters. The van der Waals surface area contributed by atoms with Gasteiger partial charge in [0.05, 0.1) is 13.2 Å². The molecule has 3 N–H and O–H groups in total. The summed E-state index contributed by atoms with van der Waals surface area (Å²) in [7, 11) is 0. The van der Waals surface area contributed by atoms with Crippen molar-refractivity contribution in [2.75, 3.05) is 44.3 Å². The Bertz CT molecular complexity index is 522. The summed E-state index contributed by atoms with van der Waals surface area (Å²) >= 11 is 0. The molecule has 0 amide bonds. The summed E-state index contributed by atoms with van der Waals surface area (Å²) in [5, 5.41) is 3.69. The van der Waals surface area contributed by atoms with Gasteiger partial charge in [-0.3, -0.25) is 10.9 Å². The van der Waals surface area contributed by atoms with E-state index in [0.29, 0.717) is 12.0 Å². The van der Waals surface area contributed by atoms with E-state index < -0.39 is 0 Å². The third kappa shape index (κ3) is 4.28. The van der Waals surface area contributed by atoms with Crippen molar-refractivity contribution in [3.63, 3.8) is 0 Å². The molecule has 0 saturated carbocycles. The van der Waals surface area contributed by atoms with Gasteiger partial charge < -0.3 is 15.0 Å². The lowest BCUT2D eigenvalue weighted by molar-refractivity contribution is 0.122. The van der Waals surface area contributed by atoms with E-state index in [-0.39, 0.29) is 5.41 Å². The lowest BCUT2D eigenvalue weighted by Gasteiger charge is -2.32. The van der Waals surface area contributed by atoms with Crippen molar-refractivity contribution in [2.45, 2.75) is 33.4 Å². The number of rotatable bonds is 5. The molecule has 0 aromatic heterocycles. The Labute approximate surface area is 146 Å². The Morgan fingerprint density at radius 2 is 1.96 bits per heavy atom. The van der Waals surface area contributed by atoms with Crippen molar-refractivity contribution < 1.29 is 4.74 Å². The normalized spacial score (nSPS) is 25.2. The molecule has 2 saturated heterocycles. The van der Waals surface area contributed by atoms with Crippen LogP contribution in [-0.2, 0) is 11.3 Å². The van der Waals surface area contributed by atoms with Crippen LogP contribution < -0.4 is 21.1 Å². The lowest BCUT2D eigenvalue weighted by Crippen LogP contribution is -2.44. The predicted molar refractivity (Wildman–Crippen MR) is 99.1 cm³/mol. The molecule has 2 aliphatic heterocycles. The molecule has 1 aromatic carbocycles. The third-order valence-electron chi connectivity index (χ3n) is 5.09. The fourth-order valence-electron chi connectivity index (χ4n) is 3.81. The molecule has 2 heterocycles. The second-order valence-electron chi connectivity index (χ2n) is 7.99. The van der Waals surface area contributed by atoms with Crippen molar-refractivity contribution in [3.05, 3.63) is 29.8 Å². The van der Waals surface area contributed by atoms with Gasteiger partial charge in [0.2, 0.25) is 0 Å². The maximum absolute atomic E-state index is 5.48. The van der Waals surface area contributed by atoms with Gasteiger partial charge in [0.1, 0.15) is 0 Å². The Hall–Kier alpha value is -1.14. The maximum Gasteiger partial charge on any atom is 0.0642 e. The van der Waals surface area contributed by atoms with Crippen LogP contribution in [0.15, 0.2) is 24.3 Å². The average Bonchev–Trinajstić information content (AvgIpc) is 3.05. The molecule has 5 nitrogen and oxygen atoms in total. The van der Waals surface area contributed by atoms with Crippen LogP contribution in [0.5, 0.6) is 0 Å². The zero-order valence-corrected chi connectivity index (χ0v) is 15.3. The monoisotopic (exact) mass is 332 g/mol. The Morgan fingerprint density at radius 3 is 2.71 bits per heavy atom. The van der Waals surface area contributed by atoms with E-state index in [1.54, 1.807) is 0 Å². The predicted octanol–water partition coefficient (Wildman–Crippen LogP) is 1.75. The summed E-state index contributed by atoms with van der Waals surface area (Å²) in [5.74, 6) is 0.612. The molecular weight excluding hydrogens is 300 g/mol. The zero-order valence-electron chi connectivity index (χ0n) is 15.3. The maximum atomic E-state index is 5.48. The summed E-state index contributed by atoms with van der Waals surface area (Å²) in [5.41, 5.74) is 9.77. The minimum atomic E-state index is 0.265. The van der Waals surface area contributed by atoms with Gasteiger partial charge in [-0.25, -0.2) is 0 Å². The quantitative estimate of drug-likeness (QED) is 0.767. The van der Waals surface area contributed by atoms with Gasteiger partial charge in [-0.1, -0.05) is 39.0 Å².